The average Bonchev–Trinajstić information content (AvgIpc) is 2.36. The van der Waals surface area contributed by atoms with E-state index in [0.717, 1.165) is 0 Å². The van der Waals surface area contributed by atoms with Crippen molar-refractivity contribution in [3.63, 3.8) is 0 Å². The number of rotatable bonds is 4. The first-order valence-electron chi connectivity index (χ1n) is 5.75. The van der Waals surface area contributed by atoms with Crippen molar-refractivity contribution < 1.29 is 24.1 Å². The minimum atomic E-state index is -0.418. The molecule has 0 radical (unpaired) electrons. The Kier molecular flexibility index (Phi) is 3.72. The molecule has 1 N–H and O–H groups in total. The lowest BCUT2D eigenvalue weighted by atomic mass is 9.92. The van der Waals surface area contributed by atoms with Gasteiger partial charge < -0.3 is 19.3 Å². The SMILES string of the molecule is COC(=O)c1ccc(O[C@H]2C[C@H](O)C2)c(OC)c1. The number of ether oxygens (including phenoxy) is 3. The van der Waals surface area contributed by atoms with Crippen LogP contribution in [0.25, 0.3) is 0 Å². The molecule has 5 heteroatoms. The molecule has 0 bridgehead atoms. The van der Waals surface area contributed by atoms with Gasteiger partial charge >= 0.3 is 5.97 Å². The molecule has 0 unspecified atom stereocenters. The topological polar surface area (TPSA) is 65.0 Å². The Morgan fingerprint density at radius 1 is 1.28 bits per heavy atom. The van der Waals surface area contributed by atoms with E-state index in [-0.39, 0.29) is 12.2 Å². The van der Waals surface area contributed by atoms with Crippen molar-refractivity contribution >= 4 is 5.97 Å². The largest absolute Gasteiger partial charge is 0.493 e. The maximum atomic E-state index is 11.4. The van der Waals surface area contributed by atoms with Gasteiger partial charge in [0.1, 0.15) is 6.10 Å². The van der Waals surface area contributed by atoms with Gasteiger partial charge in [0.15, 0.2) is 11.5 Å². The fourth-order valence-corrected chi connectivity index (χ4v) is 1.82. The Hall–Kier alpha value is -1.75. The van der Waals surface area contributed by atoms with E-state index in [2.05, 4.69) is 4.74 Å². The molecule has 1 fully saturated rings. The zero-order valence-electron chi connectivity index (χ0n) is 10.4. The summed E-state index contributed by atoms with van der Waals surface area (Å²) in [6, 6.07) is 4.88. The fraction of sp³-hybridized carbons (Fsp3) is 0.462. The molecule has 0 aromatic heterocycles. The molecule has 0 heterocycles. The summed E-state index contributed by atoms with van der Waals surface area (Å²) in [6.07, 6.45) is 0.998. The van der Waals surface area contributed by atoms with Gasteiger partial charge in [-0.05, 0) is 18.2 Å². The van der Waals surface area contributed by atoms with E-state index in [1.807, 2.05) is 0 Å². The van der Waals surface area contributed by atoms with Gasteiger partial charge in [0.25, 0.3) is 0 Å². The summed E-state index contributed by atoms with van der Waals surface area (Å²) in [5, 5.41) is 9.20. The summed E-state index contributed by atoms with van der Waals surface area (Å²) in [6.45, 7) is 0. The van der Waals surface area contributed by atoms with E-state index in [0.29, 0.717) is 29.9 Å². The van der Waals surface area contributed by atoms with E-state index in [1.54, 1.807) is 18.2 Å². The molecule has 1 aromatic rings. The van der Waals surface area contributed by atoms with Crippen LogP contribution in [-0.2, 0) is 4.74 Å². The molecule has 1 saturated carbocycles. The second kappa shape index (κ2) is 5.27. The highest BCUT2D eigenvalue weighted by atomic mass is 16.5. The molecule has 0 aliphatic heterocycles. The normalized spacial score (nSPS) is 21.9. The summed E-state index contributed by atoms with van der Waals surface area (Å²) in [5.41, 5.74) is 0.412. The third kappa shape index (κ3) is 2.56. The van der Waals surface area contributed by atoms with Gasteiger partial charge in [0.2, 0.25) is 0 Å². The number of carbonyl (C=O) groups is 1. The van der Waals surface area contributed by atoms with Gasteiger partial charge in [-0.25, -0.2) is 4.79 Å². The molecular formula is C13H16O5. The van der Waals surface area contributed by atoms with Crippen LogP contribution >= 0.6 is 0 Å². The van der Waals surface area contributed by atoms with Gasteiger partial charge in [0, 0.05) is 12.8 Å². The molecule has 18 heavy (non-hydrogen) atoms. The quantitative estimate of drug-likeness (QED) is 0.820. The highest BCUT2D eigenvalue weighted by molar-refractivity contribution is 5.90. The summed E-state index contributed by atoms with van der Waals surface area (Å²) < 4.78 is 15.5. The van der Waals surface area contributed by atoms with E-state index in [9.17, 15) is 9.90 Å². The van der Waals surface area contributed by atoms with Crippen LogP contribution in [0.4, 0.5) is 0 Å². The number of carbonyl (C=O) groups excluding carboxylic acids is 1. The second-order valence-corrected chi connectivity index (χ2v) is 4.22. The third-order valence-electron chi connectivity index (χ3n) is 2.95. The predicted octanol–water partition coefficient (Wildman–Crippen LogP) is 1.38. The summed E-state index contributed by atoms with van der Waals surface area (Å²) in [5.74, 6) is 0.639. The standard InChI is InChI=1S/C13H16O5/c1-16-12-5-8(13(15)17-2)3-4-11(12)18-10-6-9(14)7-10/h3-5,9-10,14H,6-7H2,1-2H3/t9-,10-. The maximum Gasteiger partial charge on any atom is 0.337 e. The highest BCUT2D eigenvalue weighted by Crippen LogP contribution is 2.33. The Morgan fingerprint density at radius 3 is 2.56 bits per heavy atom. The van der Waals surface area contributed by atoms with Crippen molar-refractivity contribution in [2.24, 2.45) is 0 Å². The van der Waals surface area contributed by atoms with Crippen LogP contribution in [0.5, 0.6) is 11.5 Å². The van der Waals surface area contributed by atoms with Crippen LogP contribution in [-0.4, -0.2) is 37.5 Å². The van der Waals surface area contributed by atoms with Gasteiger partial charge in [-0.15, -0.1) is 0 Å². The molecule has 1 aliphatic rings. The lowest BCUT2D eigenvalue weighted by Crippen LogP contribution is -2.37. The van der Waals surface area contributed by atoms with E-state index in [1.165, 1.54) is 14.2 Å². The van der Waals surface area contributed by atoms with Crippen LogP contribution in [0.15, 0.2) is 18.2 Å². The number of aliphatic hydroxyl groups is 1. The smallest absolute Gasteiger partial charge is 0.337 e. The van der Waals surface area contributed by atoms with Crippen molar-refractivity contribution in [3.8, 4) is 11.5 Å². The number of aliphatic hydroxyl groups excluding tert-OH is 1. The first-order chi connectivity index (χ1) is 8.63. The third-order valence-corrected chi connectivity index (χ3v) is 2.95. The van der Waals surface area contributed by atoms with Crippen LogP contribution in [0.3, 0.4) is 0 Å². The molecule has 2 rings (SSSR count). The van der Waals surface area contributed by atoms with Gasteiger partial charge in [-0.3, -0.25) is 0 Å². The van der Waals surface area contributed by atoms with Gasteiger partial charge in [-0.2, -0.15) is 0 Å². The van der Waals surface area contributed by atoms with Gasteiger partial charge in [-0.1, -0.05) is 0 Å². The molecular weight excluding hydrogens is 236 g/mol. The Balaban J connectivity index is 2.13. The molecule has 1 aromatic carbocycles. The predicted molar refractivity (Wildman–Crippen MR) is 64.0 cm³/mol. The summed E-state index contributed by atoms with van der Waals surface area (Å²) >= 11 is 0. The average molecular weight is 252 g/mol. The minimum Gasteiger partial charge on any atom is -0.493 e. The van der Waals surface area contributed by atoms with Crippen LogP contribution in [0, 0.1) is 0 Å². The second-order valence-electron chi connectivity index (χ2n) is 4.22. The number of benzene rings is 1. The summed E-state index contributed by atoms with van der Waals surface area (Å²) in [4.78, 5) is 11.4. The first-order valence-corrected chi connectivity index (χ1v) is 5.75. The molecule has 1 aliphatic carbocycles. The maximum absolute atomic E-state index is 11.4. The summed E-state index contributed by atoms with van der Waals surface area (Å²) in [7, 11) is 2.84. The monoisotopic (exact) mass is 252 g/mol. The van der Waals surface area contributed by atoms with E-state index in [4.69, 9.17) is 9.47 Å². The zero-order valence-corrected chi connectivity index (χ0v) is 10.4. The molecule has 98 valence electrons. The molecule has 0 spiro atoms. The first kappa shape index (κ1) is 12.7. The molecule has 0 atom stereocenters. The number of hydrogen-bond acceptors (Lipinski definition) is 5. The fourth-order valence-electron chi connectivity index (χ4n) is 1.82. The van der Waals surface area contributed by atoms with Crippen molar-refractivity contribution in [1.82, 2.24) is 0 Å². The lowest BCUT2D eigenvalue weighted by Gasteiger charge is -2.32. The minimum absolute atomic E-state index is 0.0119. The van der Waals surface area contributed by atoms with Crippen LogP contribution in [0.1, 0.15) is 23.2 Å². The Morgan fingerprint density at radius 2 is 2.00 bits per heavy atom. The van der Waals surface area contributed by atoms with Crippen LogP contribution < -0.4 is 9.47 Å². The van der Waals surface area contributed by atoms with Crippen molar-refractivity contribution in [2.75, 3.05) is 14.2 Å². The van der Waals surface area contributed by atoms with E-state index < -0.39 is 5.97 Å². The number of hydrogen-bond donors (Lipinski definition) is 1. The van der Waals surface area contributed by atoms with E-state index >= 15 is 0 Å². The highest BCUT2D eigenvalue weighted by Gasteiger charge is 2.29. The van der Waals surface area contributed by atoms with Crippen molar-refractivity contribution in [3.05, 3.63) is 23.8 Å². The Bertz CT molecular complexity index is 437. The van der Waals surface area contributed by atoms with Gasteiger partial charge in [0.05, 0.1) is 25.9 Å². The lowest BCUT2D eigenvalue weighted by molar-refractivity contribution is -0.0118. The number of methoxy groups -OCH3 is 2. The van der Waals surface area contributed by atoms with Crippen molar-refractivity contribution in [2.45, 2.75) is 25.0 Å². The number of esters is 1. The Labute approximate surface area is 105 Å². The zero-order chi connectivity index (χ0) is 13.1. The molecule has 5 nitrogen and oxygen atoms in total. The molecule has 0 amide bonds. The van der Waals surface area contributed by atoms with Crippen LogP contribution in [0.2, 0.25) is 0 Å². The molecule has 0 saturated heterocycles. The van der Waals surface area contributed by atoms with Crippen molar-refractivity contribution in [1.29, 1.82) is 0 Å².